The quantitative estimate of drug-likeness (QED) is 0.531. The molecule has 12 heavy (non-hydrogen) atoms. The van der Waals surface area contributed by atoms with Crippen molar-refractivity contribution in [2.24, 2.45) is 0 Å². The van der Waals surface area contributed by atoms with Crippen LogP contribution in [0.15, 0.2) is 0 Å². The summed E-state index contributed by atoms with van der Waals surface area (Å²) in [7, 11) is 0. The van der Waals surface area contributed by atoms with Crippen LogP contribution >= 0.6 is 0 Å². The Kier molecular flexibility index (Phi) is 2.12. The van der Waals surface area contributed by atoms with Crippen LogP contribution in [0, 0.1) is 0 Å². The molecule has 2 aliphatic rings. The van der Waals surface area contributed by atoms with Gasteiger partial charge in [-0.15, -0.1) is 0 Å². The highest BCUT2D eigenvalue weighted by atomic mass is 16.7. The third-order valence-electron chi connectivity index (χ3n) is 2.58. The van der Waals surface area contributed by atoms with Gasteiger partial charge in [0.15, 0.2) is 0 Å². The zero-order chi connectivity index (χ0) is 8.55. The standard InChI is InChI=1S/C8H13NO3/c1-6(4-10)9-2-7-8(3-9)12-5-11-7/h4,6-8H,2-3,5H2,1H3. The normalized spacial score (nSPS) is 38.1. The average molecular weight is 171 g/mol. The van der Waals surface area contributed by atoms with E-state index in [1.807, 2.05) is 6.92 Å². The number of likely N-dealkylation sites (tertiary alicyclic amines) is 1. The van der Waals surface area contributed by atoms with Crippen molar-refractivity contribution in [1.82, 2.24) is 4.90 Å². The first kappa shape index (κ1) is 8.16. The Bertz CT molecular complexity index is 173. The second-order valence-corrected chi connectivity index (χ2v) is 3.36. The first-order valence-corrected chi connectivity index (χ1v) is 4.24. The molecule has 2 rings (SSSR count). The van der Waals surface area contributed by atoms with Crippen LogP contribution in [0.4, 0.5) is 0 Å². The third-order valence-corrected chi connectivity index (χ3v) is 2.58. The van der Waals surface area contributed by atoms with Crippen LogP contribution < -0.4 is 0 Å². The van der Waals surface area contributed by atoms with Crippen LogP contribution in [0.25, 0.3) is 0 Å². The number of nitrogens with zero attached hydrogens (tertiary/aromatic N) is 1. The molecule has 4 heteroatoms. The van der Waals surface area contributed by atoms with Crippen molar-refractivity contribution < 1.29 is 14.3 Å². The van der Waals surface area contributed by atoms with Crippen LogP contribution in [0.3, 0.4) is 0 Å². The van der Waals surface area contributed by atoms with E-state index in [0.29, 0.717) is 6.79 Å². The molecule has 0 radical (unpaired) electrons. The summed E-state index contributed by atoms with van der Waals surface area (Å²) in [6.07, 6.45) is 1.33. The topological polar surface area (TPSA) is 38.8 Å². The summed E-state index contributed by atoms with van der Waals surface area (Å²) in [5.74, 6) is 0. The van der Waals surface area contributed by atoms with E-state index in [4.69, 9.17) is 9.47 Å². The predicted molar refractivity (Wildman–Crippen MR) is 41.7 cm³/mol. The maximum Gasteiger partial charge on any atom is 0.147 e. The van der Waals surface area contributed by atoms with Gasteiger partial charge in [0.25, 0.3) is 0 Å². The summed E-state index contributed by atoms with van der Waals surface area (Å²) in [6.45, 7) is 3.96. The van der Waals surface area contributed by atoms with E-state index in [9.17, 15) is 4.79 Å². The van der Waals surface area contributed by atoms with E-state index in [0.717, 1.165) is 19.4 Å². The van der Waals surface area contributed by atoms with Crippen LogP contribution in [0.2, 0.25) is 0 Å². The maximum absolute atomic E-state index is 10.5. The Labute approximate surface area is 71.4 Å². The number of fused-ring (bicyclic) bond motifs is 1. The lowest BCUT2D eigenvalue weighted by Gasteiger charge is -2.19. The summed E-state index contributed by atoms with van der Waals surface area (Å²) < 4.78 is 10.6. The van der Waals surface area contributed by atoms with Gasteiger partial charge in [0.05, 0.1) is 6.04 Å². The Morgan fingerprint density at radius 2 is 2.00 bits per heavy atom. The minimum Gasteiger partial charge on any atom is -0.348 e. The Morgan fingerprint density at radius 3 is 2.50 bits per heavy atom. The van der Waals surface area contributed by atoms with Crippen molar-refractivity contribution in [3.8, 4) is 0 Å². The number of aldehydes is 1. The number of ether oxygens (including phenoxy) is 2. The van der Waals surface area contributed by atoms with Gasteiger partial charge in [-0.1, -0.05) is 0 Å². The number of rotatable bonds is 2. The SMILES string of the molecule is CC(C=O)N1CC2OCOC2C1. The fraction of sp³-hybridized carbons (Fsp3) is 0.875. The molecule has 0 amide bonds. The first-order chi connectivity index (χ1) is 5.81. The van der Waals surface area contributed by atoms with Crippen molar-refractivity contribution in [2.45, 2.75) is 25.2 Å². The first-order valence-electron chi connectivity index (χ1n) is 4.24. The summed E-state index contributed by atoms with van der Waals surface area (Å²) in [5.41, 5.74) is 0. The van der Waals surface area contributed by atoms with Gasteiger partial charge in [-0.25, -0.2) is 0 Å². The van der Waals surface area contributed by atoms with Crippen LogP contribution in [-0.2, 0) is 14.3 Å². The van der Waals surface area contributed by atoms with Gasteiger partial charge in [0, 0.05) is 13.1 Å². The molecule has 2 saturated heterocycles. The van der Waals surface area contributed by atoms with Gasteiger partial charge in [0.2, 0.25) is 0 Å². The number of hydrogen-bond acceptors (Lipinski definition) is 4. The number of hydrogen-bond donors (Lipinski definition) is 0. The Balaban J connectivity index is 1.94. The van der Waals surface area contributed by atoms with Gasteiger partial charge in [-0.2, -0.15) is 0 Å². The summed E-state index contributed by atoms with van der Waals surface area (Å²) >= 11 is 0. The monoisotopic (exact) mass is 171 g/mol. The van der Waals surface area contributed by atoms with Gasteiger partial charge < -0.3 is 14.3 Å². The molecule has 0 aromatic heterocycles. The van der Waals surface area contributed by atoms with E-state index < -0.39 is 0 Å². The molecular formula is C8H13NO3. The van der Waals surface area contributed by atoms with E-state index in [1.165, 1.54) is 0 Å². The van der Waals surface area contributed by atoms with Crippen LogP contribution in [0.1, 0.15) is 6.92 Å². The lowest BCUT2D eigenvalue weighted by Crippen LogP contribution is -2.33. The van der Waals surface area contributed by atoms with E-state index in [1.54, 1.807) is 0 Å². The Hall–Kier alpha value is -0.450. The lowest BCUT2D eigenvalue weighted by atomic mass is 10.3. The van der Waals surface area contributed by atoms with E-state index >= 15 is 0 Å². The zero-order valence-corrected chi connectivity index (χ0v) is 7.10. The Morgan fingerprint density at radius 1 is 1.42 bits per heavy atom. The third kappa shape index (κ3) is 1.26. The summed E-state index contributed by atoms with van der Waals surface area (Å²) in [4.78, 5) is 12.6. The molecule has 68 valence electrons. The minimum absolute atomic E-state index is 0.0113. The molecule has 3 atom stereocenters. The van der Waals surface area contributed by atoms with Crippen molar-refractivity contribution in [3.63, 3.8) is 0 Å². The molecule has 0 N–H and O–H groups in total. The van der Waals surface area contributed by atoms with Crippen molar-refractivity contribution in [1.29, 1.82) is 0 Å². The van der Waals surface area contributed by atoms with Crippen molar-refractivity contribution >= 4 is 6.29 Å². The van der Waals surface area contributed by atoms with Crippen LogP contribution in [0.5, 0.6) is 0 Å². The highest BCUT2D eigenvalue weighted by molar-refractivity contribution is 5.56. The molecule has 0 bridgehead atoms. The molecule has 3 unspecified atom stereocenters. The number of carbonyl (C=O) groups excluding carboxylic acids is 1. The smallest absolute Gasteiger partial charge is 0.147 e. The lowest BCUT2D eigenvalue weighted by molar-refractivity contribution is -0.112. The molecule has 4 nitrogen and oxygen atoms in total. The molecular weight excluding hydrogens is 158 g/mol. The minimum atomic E-state index is -0.0113. The fourth-order valence-corrected chi connectivity index (χ4v) is 1.72. The molecule has 2 heterocycles. The van der Waals surface area contributed by atoms with Gasteiger partial charge >= 0.3 is 0 Å². The zero-order valence-electron chi connectivity index (χ0n) is 7.10. The highest BCUT2D eigenvalue weighted by Crippen LogP contribution is 2.22. The van der Waals surface area contributed by atoms with Gasteiger partial charge in [-0.05, 0) is 6.92 Å². The van der Waals surface area contributed by atoms with Crippen molar-refractivity contribution in [3.05, 3.63) is 0 Å². The molecule has 0 saturated carbocycles. The molecule has 2 fully saturated rings. The largest absolute Gasteiger partial charge is 0.348 e. The van der Waals surface area contributed by atoms with Gasteiger partial charge in [-0.3, -0.25) is 4.90 Å². The maximum atomic E-state index is 10.5. The van der Waals surface area contributed by atoms with Crippen molar-refractivity contribution in [2.75, 3.05) is 19.9 Å². The second kappa shape index (κ2) is 3.12. The van der Waals surface area contributed by atoms with Crippen LogP contribution in [-0.4, -0.2) is 49.3 Å². The summed E-state index contributed by atoms with van der Waals surface area (Å²) in [6, 6.07) is -0.0113. The molecule has 0 aliphatic carbocycles. The molecule has 0 spiro atoms. The average Bonchev–Trinajstić information content (AvgIpc) is 2.60. The van der Waals surface area contributed by atoms with E-state index in [2.05, 4.69) is 4.90 Å². The van der Waals surface area contributed by atoms with Gasteiger partial charge in [0.1, 0.15) is 25.3 Å². The molecule has 2 aliphatic heterocycles. The second-order valence-electron chi connectivity index (χ2n) is 3.36. The number of carbonyl (C=O) groups is 1. The molecule has 0 aromatic rings. The fourth-order valence-electron chi connectivity index (χ4n) is 1.72. The predicted octanol–water partition coefficient (Wildman–Crippen LogP) is -0.369. The highest BCUT2D eigenvalue weighted by Gasteiger charge is 2.39. The molecule has 0 aromatic carbocycles. The van der Waals surface area contributed by atoms with E-state index in [-0.39, 0.29) is 18.2 Å². The summed E-state index contributed by atoms with van der Waals surface area (Å²) in [5, 5.41) is 0.